The first-order valence-electron chi connectivity index (χ1n) is 6.54. The molecule has 0 saturated carbocycles. The zero-order valence-electron chi connectivity index (χ0n) is 10.9. The van der Waals surface area contributed by atoms with Gasteiger partial charge in [0.2, 0.25) is 0 Å². The van der Waals surface area contributed by atoms with E-state index in [2.05, 4.69) is 54.4 Å². The van der Waals surface area contributed by atoms with Gasteiger partial charge in [-0.2, -0.15) is 0 Å². The van der Waals surface area contributed by atoms with E-state index in [0.29, 0.717) is 0 Å². The first kappa shape index (κ1) is 13.3. The van der Waals surface area contributed by atoms with Crippen molar-refractivity contribution in [1.29, 1.82) is 0 Å². The van der Waals surface area contributed by atoms with Gasteiger partial charge in [-0.1, -0.05) is 28.1 Å². The molecule has 3 rings (SSSR count). The maximum atomic E-state index is 4.48. The Balaban J connectivity index is 1.67. The first-order chi connectivity index (χ1) is 9.84. The van der Waals surface area contributed by atoms with Gasteiger partial charge < -0.3 is 10.3 Å². The number of benzene rings is 1. The predicted octanol–water partition coefficient (Wildman–Crippen LogP) is 3.05. The minimum absolute atomic E-state index is 0.814. The highest BCUT2D eigenvalue weighted by molar-refractivity contribution is 9.10. The van der Waals surface area contributed by atoms with Gasteiger partial charge in [0.1, 0.15) is 0 Å². The van der Waals surface area contributed by atoms with Crippen LogP contribution in [0.25, 0.3) is 10.9 Å². The zero-order chi connectivity index (χ0) is 13.8. The van der Waals surface area contributed by atoms with Crippen molar-refractivity contribution in [3.8, 4) is 0 Å². The topological polar surface area (TPSA) is 53.6 Å². The molecule has 4 nitrogen and oxygen atoms in total. The van der Waals surface area contributed by atoms with E-state index in [1.807, 2.05) is 18.5 Å². The van der Waals surface area contributed by atoms with E-state index in [1.54, 1.807) is 6.33 Å². The summed E-state index contributed by atoms with van der Waals surface area (Å²) in [6, 6.07) is 8.24. The van der Waals surface area contributed by atoms with Crippen LogP contribution in [0.15, 0.2) is 47.5 Å². The van der Waals surface area contributed by atoms with Gasteiger partial charge in [0.25, 0.3) is 0 Å². The third kappa shape index (κ3) is 2.89. The quantitative estimate of drug-likeness (QED) is 0.707. The van der Waals surface area contributed by atoms with Crippen molar-refractivity contribution in [2.75, 3.05) is 6.54 Å². The molecule has 20 heavy (non-hydrogen) atoms. The van der Waals surface area contributed by atoms with E-state index < -0.39 is 0 Å². The summed E-state index contributed by atoms with van der Waals surface area (Å²) >= 11 is 3.57. The molecule has 0 atom stereocenters. The fraction of sp³-hybridized carbons (Fsp3) is 0.200. The first-order valence-corrected chi connectivity index (χ1v) is 7.34. The summed E-state index contributed by atoms with van der Waals surface area (Å²) in [5.74, 6) is 0. The second-order valence-electron chi connectivity index (χ2n) is 4.61. The number of fused-ring (bicyclic) bond motifs is 1. The van der Waals surface area contributed by atoms with E-state index in [9.17, 15) is 0 Å². The van der Waals surface area contributed by atoms with Crippen molar-refractivity contribution < 1.29 is 0 Å². The van der Waals surface area contributed by atoms with Crippen molar-refractivity contribution in [2.45, 2.75) is 13.0 Å². The lowest BCUT2D eigenvalue weighted by Crippen LogP contribution is -2.17. The summed E-state index contributed by atoms with van der Waals surface area (Å²) in [6.45, 7) is 1.72. The van der Waals surface area contributed by atoms with E-state index in [-0.39, 0.29) is 0 Å². The van der Waals surface area contributed by atoms with Gasteiger partial charge in [-0.25, -0.2) is 4.98 Å². The zero-order valence-corrected chi connectivity index (χ0v) is 12.5. The van der Waals surface area contributed by atoms with Gasteiger partial charge in [-0.15, -0.1) is 0 Å². The van der Waals surface area contributed by atoms with E-state index >= 15 is 0 Å². The molecule has 3 aromatic rings. The van der Waals surface area contributed by atoms with Gasteiger partial charge >= 0.3 is 0 Å². The number of hydrogen-bond acceptors (Lipinski definition) is 3. The molecule has 1 aromatic carbocycles. The summed E-state index contributed by atoms with van der Waals surface area (Å²) in [7, 11) is 0. The van der Waals surface area contributed by atoms with Crippen LogP contribution in [0.1, 0.15) is 11.3 Å². The Morgan fingerprint density at radius 2 is 2.20 bits per heavy atom. The largest absolute Gasteiger partial charge is 0.348 e. The van der Waals surface area contributed by atoms with Crippen LogP contribution in [0.5, 0.6) is 0 Å². The molecule has 0 bridgehead atoms. The van der Waals surface area contributed by atoms with Crippen molar-refractivity contribution in [3.63, 3.8) is 0 Å². The lowest BCUT2D eigenvalue weighted by atomic mass is 10.1. The molecule has 0 spiro atoms. The lowest BCUT2D eigenvalue weighted by Gasteiger charge is -2.08. The molecule has 2 heterocycles. The SMILES string of the molecule is Brc1ccc(CNCCc2cnc[nH]2)c2ncccc12. The summed E-state index contributed by atoms with van der Waals surface area (Å²) in [6.07, 6.45) is 6.35. The normalized spacial score (nSPS) is 11.1. The lowest BCUT2D eigenvalue weighted by molar-refractivity contribution is 0.683. The van der Waals surface area contributed by atoms with Crippen molar-refractivity contribution in [1.82, 2.24) is 20.3 Å². The molecule has 102 valence electrons. The minimum Gasteiger partial charge on any atom is -0.348 e. The molecule has 0 aliphatic carbocycles. The number of nitrogens with one attached hydrogen (secondary N) is 2. The van der Waals surface area contributed by atoms with E-state index in [0.717, 1.165) is 40.6 Å². The highest BCUT2D eigenvalue weighted by atomic mass is 79.9. The number of halogens is 1. The molecule has 0 saturated heterocycles. The maximum Gasteiger partial charge on any atom is 0.0921 e. The monoisotopic (exact) mass is 330 g/mol. The molecule has 0 aliphatic heterocycles. The van der Waals surface area contributed by atoms with Gasteiger partial charge in [-0.3, -0.25) is 4.98 Å². The van der Waals surface area contributed by atoms with E-state index in [1.165, 1.54) is 5.56 Å². The highest BCUT2D eigenvalue weighted by Gasteiger charge is 2.05. The number of aromatic amines is 1. The van der Waals surface area contributed by atoms with Crippen LogP contribution < -0.4 is 5.32 Å². The molecule has 0 unspecified atom stereocenters. The third-order valence-corrected chi connectivity index (χ3v) is 3.93. The number of pyridine rings is 1. The second-order valence-corrected chi connectivity index (χ2v) is 5.46. The fourth-order valence-electron chi connectivity index (χ4n) is 2.21. The van der Waals surface area contributed by atoms with Gasteiger partial charge in [0.05, 0.1) is 11.8 Å². The Labute approximate surface area is 125 Å². The Morgan fingerprint density at radius 3 is 3.05 bits per heavy atom. The number of aromatic nitrogens is 3. The molecule has 0 amide bonds. The molecule has 5 heteroatoms. The Bertz CT molecular complexity index is 694. The minimum atomic E-state index is 0.814. The summed E-state index contributed by atoms with van der Waals surface area (Å²) in [5, 5.41) is 4.60. The van der Waals surface area contributed by atoms with Gasteiger partial charge in [-0.05, 0) is 17.7 Å². The number of nitrogens with zero attached hydrogens (tertiary/aromatic N) is 2. The van der Waals surface area contributed by atoms with Crippen LogP contribution in [0, 0.1) is 0 Å². The fourth-order valence-corrected chi connectivity index (χ4v) is 2.66. The molecule has 2 N–H and O–H groups in total. The Morgan fingerprint density at radius 1 is 1.25 bits per heavy atom. The number of H-pyrrole nitrogens is 1. The van der Waals surface area contributed by atoms with Gasteiger partial charge in [0, 0.05) is 47.5 Å². The van der Waals surface area contributed by atoms with Crippen LogP contribution >= 0.6 is 15.9 Å². The van der Waals surface area contributed by atoms with Crippen LogP contribution in [-0.4, -0.2) is 21.5 Å². The van der Waals surface area contributed by atoms with Crippen LogP contribution in [0.3, 0.4) is 0 Å². The second kappa shape index (κ2) is 6.15. The number of imidazole rings is 1. The van der Waals surface area contributed by atoms with Crippen molar-refractivity contribution in [2.24, 2.45) is 0 Å². The van der Waals surface area contributed by atoms with E-state index in [4.69, 9.17) is 0 Å². The summed E-state index contributed by atoms with van der Waals surface area (Å²) < 4.78 is 1.09. The molecule has 2 aromatic heterocycles. The Kier molecular flexibility index (Phi) is 4.08. The summed E-state index contributed by atoms with van der Waals surface area (Å²) in [4.78, 5) is 11.6. The average Bonchev–Trinajstić information content (AvgIpc) is 2.99. The predicted molar refractivity (Wildman–Crippen MR) is 83.4 cm³/mol. The third-order valence-electron chi connectivity index (χ3n) is 3.24. The summed E-state index contributed by atoms with van der Waals surface area (Å²) in [5.41, 5.74) is 3.42. The molecule has 0 fully saturated rings. The molecular formula is C15H15BrN4. The van der Waals surface area contributed by atoms with Gasteiger partial charge in [0.15, 0.2) is 0 Å². The highest BCUT2D eigenvalue weighted by Crippen LogP contribution is 2.24. The Hall–Kier alpha value is -1.72. The maximum absolute atomic E-state index is 4.48. The molecule has 0 aliphatic rings. The smallest absolute Gasteiger partial charge is 0.0921 e. The molecular weight excluding hydrogens is 316 g/mol. The van der Waals surface area contributed by atoms with Crippen LogP contribution in [-0.2, 0) is 13.0 Å². The standard InChI is InChI=1S/C15H15BrN4/c16-14-4-3-11(15-13(14)2-1-6-19-15)8-17-7-5-12-9-18-10-20-12/h1-4,6,9-10,17H,5,7-8H2,(H,18,20). The van der Waals surface area contributed by atoms with Crippen LogP contribution in [0.2, 0.25) is 0 Å². The molecule has 0 radical (unpaired) electrons. The van der Waals surface area contributed by atoms with Crippen molar-refractivity contribution in [3.05, 3.63) is 58.7 Å². The average molecular weight is 331 g/mol. The van der Waals surface area contributed by atoms with Crippen LogP contribution in [0.4, 0.5) is 0 Å². The number of hydrogen-bond donors (Lipinski definition) is 2. The number of rotatable bonds is 5. The van der Waals surface area contributed by atoms with Crippen molar-refractivity contribution >= 4 is 26.8 Å².